The van der Waals surface area contributed by atoms with Gasteiger partial charge in [-0.05, 0) is 42.7 Å². The molecule has 1 saturated carbocycles. The van der Waals surface area contributed by atoms with Gasteiger partial charge in [0.05, 0.1) is 17.5 Å². The number of anilines is 1. The summed E-state index contributed by atoms with van der Waals surface area (Å²) in [4.78, 5) is 21.0. The van der Waals surface area contributed by atoms with Crippen LogP contribution in [0.2, 0.25) is 0 Å². The molecule has 180 valence electrons. The van der Waals surface area contributed by atoms with Crippen molar-refractivity contribution in [2.24, 2.45) is 0 Å². The van der Waals surface area contributed by atoms with Crippen LogP contribution in [0.4, 0.5) is 32.0 Å². The van der Waals surface area contributed by atoms with Crippen molar-refractivity contribution in [1.29, 1.82) is 0 Å². The van der Waals surface area contributed by atoms with Crippen LogP contribution in [0.5, 0.6) is 0 Å². The first-order valence-corrected chi connectivity index (χ1v) is 10.2. The molecule has 1 fully saturated rings. The molecule has 2 aromatic rings. The second kappa shape index (κ2) is 11.2. The lowest BCUT2D eigenvalue weighted by Crippen LogP contribution is -2.47. The van der Waals surface area contributed by atoms with Gasteiger partial charge in [-0.25, -0.2) is 0 Å². The van der Waals surface area contributed by atoms with E-state index in [1.165, 1.54) is 12.1 Å². The molecule has 4 nitrogen and oxygen atoms in total. The monoisotopic (exact) mass is 474 g/mol. The van der Waals surface area contributed by atoms with Gasteiger partial charge in [0.2, 0.25) is 12.2 Å². The number of alkyl halides is 6. The van der Waals surface area contributed by atoms with E-state index in [0.717, 1.165) is 43.4 Å². The van der Waals surface area contributed by atoms with E-state index in [1.54, 1.807) is 0 Å². The minimum Gasteiger partial charge on any atom is -0.378 e. The zero-order valence-electron chi connectivity index (χ0n) is 17.6. The molecule has 0 unspecified atom stereocenters. The first-order valence-electron chi connectivity index (χ1n) is 10.2. The molecule has 0 aliphatic heterocycles. The molecule has 2 N–H and O–H groups in total. The number of aldehydes is 1. The maximum atomic E-state index is 12.7. The van der Waals surface area contributed by atoms with Crippen LogP contribution >= 0.6 is 0 Å². The van der Waals surface area contributed by atoms with Crippen LogP contribution in [0.25, 0.3) is 0 Å². The Balaban J connectivity index is 0.000000569. The van der Waals surface area contributed by atoms with Crippen LogP contribution in [0.15, 0.2) is 54.6 Å². The number of rotatable bonds is 6. The van der Waals surface area contributed by atoms with Crippen molar-refractivity contribution in [3.63, 3.8) is 0 Å². The van der Waals surface area contributed by atoms with Crippen LogP contribution in [-0.4, -0.2) is 30.5 Å². The van der Waals surface area contributed by atoms with Gasteiger partial charge >= 0.3 is 12.4 Å². The van der Waals surface area contributed by atoms with E-state index >= 15 is 0 Å². The summed E-state index contributed by atoms with van der Waals surface area (Å²) in [5.74, 6) is -0.0540. The SMILES string of the molecule is O=C(Cc1ccccc1)NCC1(Nc2ccc(C(F)(F)F)cc2)CCCC1.O=CC(F)(F)F. The number of carbonyl (C=O) groups excluding carboxylic acids is 2. The van der Waals surface area contributed by atoms with Crippen LogP contribution in [0.3, 0.4) is 0 Å². The summed E-state index contributed by atoms with van der Waals surface area (Å²) < 4.78 is 69.4. The van der Waals surface area contributed by atoms with Crippen molar-refractivity contribution in [2.75, 3.05) is 11.9 Å². The Morgan fingerprint density at radius 3 is 1.94 bits per heavy atom. The molecule has 0 saturated heterocycles. The van der Waals surface area contributed by atoms with Gasteiger partial charge in [0.25, 0.3) is 0 Å². The van der Waals surface area contributed by atoms with Gasteiger partial charge < -0.3 is 10.6 Å². The van der Waals surface area contributed by atoms with Crippen molar-refractivity contribution in [3.05, 3.63) is 65.7 Å². The second-order valence-corrected chi connectivity index (χ2v) is 7.79. The lowest BCUT2D eigenvalue weighted by Gasteiger charge is -2.32. The Kier molecular flexibility index (Phi) is 8.90. The lowest BCUT2D eigenvalue weighted by molar-refractivity contribution is -0.156. The van der Waals surface area contributed by atoms with E-state index < -0.39 is 24.2 Å². The van der Waals surface area contributed by atoms with Gasteiger partial charge in [-0.1, -0.05) is 43.2 Å². The normalized spacial score (nSPS) is 15.2. The van der Waals surface area contributed by atoms with Gasteiger partial charge in [0, 0.05) is 12.2 Å². The Hall–Kier alpha value is -3.04. The molecule has 2 aromatic carbocycles. The minimum atomic E-state index is -4.64. The molecule has 0 bridgehead atoms. The smallest absolute Gasteiger partial charge is 0.378 e. The van der Waals surface area contributed by atoms with E-state index in [1.807, 2.05) is 30.3 Å². The van der Waals surface area contributed by atoms with Crippen LogP contribution in [-0.2, 0) is 22.2 Å². The molecule has 1 aliphatic carbocycles. The topological polar surface area (TPSA) is 58.2 Å². The average Bonchev–Trinajstić information content (AvgIpc) is 3.21. The minimum absolute atomic E-state index is 0.0540. The van der Waals surface area contributed by atoms with E-state index in [-0.39, 0.29) is 11.4 Å². The molecule has 0 atom stereocenters. The molecular weight excluding hydrogens is 450 g/mol. The molecule has 1 amide bonds. The second-order valence-electron chi connectivity index (χ2n) is 7.79. The number of nitrogens with one attached hydrogen (secondary N) is 2. The molecular formula is C23H24F6N2O2. The van der Waals surface area contributed by atoms with Crippen LogP contribution < -0.4 is 10.6 Å². The van der Waals surface area contributed by atoms with Crippen molar-refractivity contribution >= 4 is 17.9 Å². The first kappa shape index (κ1) is 26.2. The third kappa shape index (κ3) is 9.15. The van der Waals surface area contributed by atoms with E-state index in [4.69, 9.17) is 4.79 Å². The van der Waals surface area contributed by atoms with Gasteiger partial charge in [0.1, 0.15) is 0 Å². The van der Waals surface area contributed by atoms with E-state index in [0.29, 0.717) is 18.7 Å². The zero-order valence-corrected chi connectivity index (χ0v) is 17.6. The average molecular weight is 474 g/mol. The fourth-order valence-electron chi connectivity index (χ4n) is 3.56. The van der Waals surface area contributed by atoms with Gasteiger partial charge in [-0.2, -0.15) is 26.3 Å². The summed E-state index contributed by atoms with van der Waals surface area (Å²) >= 11 is 0. The highest BCUT2D eigenvalue weighted by Crippen LogP contribution is 2.34. The summed E-state index contributed by atoms with van der Waals surface area (Å²) in [7, 11) is 0. The Morgan fingerprint density at radius 1 is 0.909 bits per heavy atom. The van der Waals surface area contributed by atoms with Crippen molar-refractivity contribution in [1.82, 2.24) is 5.32 Å². The molecule has 1 aliphatic rings. The Morgan fingerprint density at radius 2 is 1.45 bits per heavy atom. The highest BCUT2D eigenvalue weighted by atomic mass is 19.4. The molecule has 0 aromatic heterocycles. The molecule has 0 spiro atoms. The zero-order chi connectivity index (χ0) is 24.5. The standard InChI is InChI=1S/C21H23F3N2O.C2HF3O/c22-21(23,24)17-8-10-18(11-9-17)26-20(12-4-5-13-20)15-25-19(27)14-16-6-2-1-3-7-16;3-2(4,5)1-6/h1-3,6-11,26H,4-5,12-15H2,(H,25,27);1H. The van der Waals surface area contributed by atoms with Crippen molar-refractivity contribution < 1.29 is 35.9 Å². The van der Waals surface area contributed by atoms with E-state index in [9.17, 15) is 31.1 Å². The predicted octanol–water partition coefficient (Wildman–Crippen LogP) is 5.54. The van der Waals surface area contributed by atoms with Crippen LogP contribution in [0, 0.1) is 0 Å². The number of benzene rings is 2. The van der Waals surface area contributed by atoms with E-state index in [2.05, 4.69) is 10.6 Å². The fourth-order valence-corrected chi connectivity index (χ4v) is 3.56. The maximum Gasteiger partial charge on any atom is 0.446 e. The quantitative estimate of drug-likeness (QED) is 0.427. The molecule has 3 rings (SSSR count). The first-order chi connectivity index (χ1) is 15.4. The Labute approximate surface area is 187 Å². The van der Waals surface area contributed by atoms with Gasteiger partial charge in [-0.3, -0.25) is 9.59 Å². The van der Waals surface area contributed by atoms with Gasteiger partial charge in [-0.15, -0.1) is 0 Å². The summed E-state index contributed by atoms with van der Waals surface area (Å²) in [5, 5.41) is 6.36. The third-order valence-corrected chi connectivity index (χ3v) is 5.15. The summed E-state index contributed by atoms with van der Waals surface area (Å²) in [6, 6.07) is 14.6. The van der Waals surface area contributed by atoms with Crippen molar-refractivity contribution in [3.8, 4) is 0 Å². The molecule has 0 heterocycles. The molecule has 33 heavy (non-hydrogen) atoms. The lowest BCUT2D eigenvalue weighted by atomic mass is 9.96. The fraction of sp³-hybridized carbons (Fsp3) is 0.391. The Bertz CT molecular complexity index is 890. The third-order valence-electron chi connectivity index (χ3n) is 5.15. The summed E-state index contributed by atoms with van der Waals surface area (Å²) in [6.07, 6.45) is -5.91. The maximum absolute atomic E-state index is 12.7. The number of halogens is 6. The predicted molar refractivity (Wildman–Crippen MR) is 112 cm³/mol. The number of amides is 1. The van der Waals surface area contributed by atoms with Crippen molar-refractivity contribution in [2.45, 2.75) is 50.0 Å². The number of hydrogen-bond donors (Lipinski definition) is 2. The highest BCUT2D eigenvalue weighted by Gasteiger charge is 2.35. The number of hydrogen-bond acceptors (Lipinski definition) is 3. The highest BCUT2D eigenvalue weighted by molar-refractivity contribution is 5.78. The largest absolute Gasteiger partial charge is 0.446 e. The van der Waals surface area contributed by atoms with Crippen LogP contribution in [0.1, 0.15) is 36.8 Å². The molecule has 0 radical (unpaired) electrons. The number of carbonyl (C=O) groups is 2. The molecule has 10 heteroatoms. The summed E-state index contributed by atoms with van der Waals surface area (Å²) in [5.41, 5.74) is 0.615. The summed E-state index contributed by atoms with van der Waals surface area (Å²) in [6.45, 7) is 0.458. The van der Waals surface area contributed by atoms with Gasteiger partial charge in [0.15, 0.2) is 0 Å².